The van der Waals surface area contributed by atoms with Crippen molar-refractivity contribution in [3.8, 4) is 11.5 Å². The van der Waals surface area contributed by atoms with E-state index in [0.29, 0.717) is 54.5 Å². The Bertz CT molecular complexity index is 1360. The molecule has 1 aliphatic heterocycles. The van der Waals surface area contributed by atoms with Crippen LogP contribution in [0.5, 0.6) is 11.5 Å². The molecular formula is C27H29F3N2O6S. The minimum atomic E-state index is -3.24. The van der Waals surface area contributed by atoms with Gasteiger partial charge < -0.3 is 19.3 Å². The fraction of sp³-hybridized carbons (Fsp3) is 0.407. The molecular weight excluding hydrogens is 537 g/mol. The van der Waals surface area contributed by atoms with Gasteiger partial charge in [-0.15, -0.1) is 0 Å². The van der Waals surface area contributed by atoms with Gasteiger partial charge in [-0.2, -0.15) is 8.78 Å². The summed E-state index contributed by atoms with van der Waals surface area (Å²) in [7, 11) is -1.37. The van der Waals surface area contributed by atoms with Crippen molar-refractivity contribution < 1.29 is 41.5 Å². The van der Waals surface area contributed by atoms with E-state index in [1.54, 1.807) is 19.1 Å². The Morgan fingerprint density at radius 2 is 2.03 bits per heavy atom. The number of fused-ring (bicyclic) bond motifs is 1. The number of aromatic nitrogens is 1. The standard InChI is InChI=1S/C27H29F3N2O6S/c1-3-20-18(14-17-5-4-16(2)22(9-6-17)39(35)32-10-12-36-13-11-32)26(38-27(29)30)24-21(37-15-23(33)34)8-7-19(28)25(24)31-20/h4-9,16,27H,3,10-15H2,1-2H3,(H,33,34)/t16-,39?/m0/s1. The number of hydrogen-bond donors (Lipinski definition) is 1. The summed E-state index contributed by atoms with van der Waals surface area (Å²) in [6, 6.07) is 2.20. The highest BCUT2D eigenvalue weighted by molar-refractivity contribution is 7.86. The van der Waals surface area contributed by atoms with Crippen LogP contribution in [0, 0.1) is 11.7 Å². The average Bonchev–Trinajstić information content (AvgIpc) is 3.10. The zero-order chi connectivity index (χ0) is 28.1. The zero-order valence-corrected chi connectivity index (χ0v) is 22.3. The third kappa shape index (κ3) is 6.68. The van der Waals surface area contributed by atoms with E-state index in [2.05, 4.69) is 4.98 Å². The highest BCUT2D eigenvalue weighted by Crippen LogP contribution is 2.41. The molecule has 0 spiro atoms. The number of benzene rings is 1. The number of carboxylic acid groups (broad SMARTS) is 1. The first-order valence-corrected chi connectivity index (χ1v) is 13.6. The molecule has 8 nitrogen and oxygen atoms in total. The number of aliphatic carboxylic acids is 1. The molecule has 4 rings (SSSR count). The smallest absolute Gasteiger partial charge is 0.387 e. The molecule has 2 atom stereocenters. The topological polar surface area (TPSA) is 98.2 Å². The van der Waals surface area contributed by atoms with Crippen LogP contribution >= 0.6 is 0 Å². The molecule has 2 aromatic rings. The summed E-state index contributed by atoms with van der Waals surface area (Å²) in [5.74, 6) is -2.68. The molecule has 1 N–H and O–H groups in total. The van der Waals surface area contributed by atoms with Crippen LogP contribution in [0.25, 0.3) is 10.9 Å². The summed E-state index contributed by atoms with van der Waals surface area (Å²) >= 11 is 0. The van der Waals surface area contributed by atoms with Gasteiger partial charge in [-0.25, -0.2) is 22.7 Å². The molecule has 1 unspecified atom stereocenters. The first-order chi connectivity index (χ1) is 18.7. The summed E-state index contributed by atoms with van der Waals surface area (Å²) in [4.78, 5) is 16.2. The van der Waals surface area contributed by atoms with Crippen LogP contribution < -0.4 is 9.47 Å². The largest absolute Gasteiger partial charge is 0.481 e. The molecule has 0 radical (unpaired) electrons. The van der Waals surface area contributed by atoms with Crippen molar-refractivity contribution in [2.24, 2.45) is 5.92 Å². The fourth-order valence-electron chi connectivity index (χ4n) is 4.47. The van der Waals surface area contributed by atoms with Gasteiger partial charge in [0.15, 0.2) is 6.61 Å². The van der Waals surface area contributed by atoms with Crippen LogP contribution in [0.3, 0.4) is 0 Å². The molecule has 39 heavy (non-hydrogen) atoms. The normalized spacial score (nSPS) is 19.0. The van der Waals surface area contributed by atoms with Crippen LogP contribution in [-0.2, 0) is 33.4 Å². The summed E-state index contributed by atoms with van der Waals surface area (Å²) in [6.07, 6.45) is 7.66. The third-order valence-electron chi connectivity index (χ3n) is 6.38. The van der Waals surface area contributed by atoms with Gasteiger partial charge in [-0.1, -0.05) is 32.1 Å². The Balaban J connectivity index is 1.79. The predicted octanol–water partition coefficient (Wildman–Crippen LogP) is 4.56. The Kier molecular flexibility index (Phi) is 9.41. The third-order valence-corrected chi connectivity index (χ3v) is 8.12. The van der Waals surface area contributed by atoms with Crippen molar-refractivity contribution in [1.29, 1.82) is 0 Å². The molecule has 0 amide bonds. The number of aryl methyl sites for hydroxylation is 1. The van der Waals surface area contributed by atoms with Crippen LogP contribution in [0.1, 0.15) is 25.1 Å². The van der Waals surface area contributed by atoms with Gasteiger partial charge in [0.1, 0.15) is 33.8 Å². The second kappa shape index (κ2) is 12.8. The number of alkyl halides is 2. The second-order valence-corrected chi connectivity index (χ2v) is 10.5. The van der Waals surface area contributed by atoms with Crippen LogP contribution in [0.4, 0.5) is 13.2 Å². The molecule has 1 aromatic carbocycles. The lowest BCUT2D eigenvalue weighted by Crippen LogP contribution is -2.38. The first kappa shape index (κ1) is 28.8. The van der Waals surface area contributed by atoms with Crippen molar-refractivity contribution in [1.82, 2.24) is 9.29 Å². The Hall–Kier alpha value is -3.22. The number of rotatable bonds is 10. The number of hydrogen-bond acceptors (Lipinski definition) is 6. The molecule has 1 aliphatic carbocycles. The maximum atomic E-state index is 14.8. The van der Waals surface area contributed by atoms with E-state index >= 15 is 0 Å². The van der Waals surface area contributed by atoms with E-state index in [1.165, 1.54) is 6.07 Å². The molecule has 1 fully saturated rings. The number of nitrogens with zero attached hydrogens (tertiary/aromatic N) is 2. The quantitative estimate of drug-likeness (QED) is 0.451. The predicted molar refractivity (Wildman–Crippen MR) is 140 cm³/mol. The number of morpholine rings is 1. The monoisotopic (exact) mass is 566 g/mol. The molecule has 12 heteroatoms. The minimum Gasteiger partial charge on any atom is -0.481 e. The summed E-state index contributed by atoms with van der Waals surface area (Å²) in [5, 5.41) is 8.88. The Morgan fingerprint density at radius 3 is 2.69 bits per heavy atom. The fourth-order valence-corrected chi connectivity index (χ4v) is 5.83. The number of halogens is 3. The Labute approximate surface area is 226 Å². The summed E-state index contributed by atoms with van der Waals surface area (Å²) in [6.45, 7) is 1.79. The SMILES string of the molecule is CCc1nc2c(F)ccc(OCC(=O)O)c2c(OC(F)F)c1CC1=CC=C(S(=O)N2CCOCC2)[C@@H](C)C=C1. The van der Waals surface area contributed by atoms with Crippen molar-refractivity contribution in [3.63, 3.8) is 0 Å². The van der Waals surface area contributed by atoms with Gasteiger partial charge in [0, 0.05) is 41.6 Å². The average molecular weight is 567 g/mol. The van der Waals surface area contributed by atoms with E-state index in [-0.39, 0.29) is 34.7 Å². The molecule has 1 saturated heterocycles. The summed E-state index contributed by atoms with van der Waals surface area (Å²) in [5.41, 5.74) is 1.09. The number of carbonyl (C=O) groups is 1. The van der Waals surface area contributed by atoms with Gasteiger partial charge in [-0.05, 0) is 30.2 Å². The highest BCUT2D eigenvalue weighted by atomic mass is 32.2. The van der Waals surface area contributed by atoms with Crippen LogP contribution in [0.15, 0.2) is 46.9 Å². The Morgan fingerprint density at radius 1 is 1.28 bits per heavy atom. The van der Waals surface area contributed by atoms with Gasteiger partial charge >= 0.3 is 12.6 Å². The maximum Gasteiger partial charge on any atom is 0.387 e. The van der Waals surface area contributed by atoms with Crippen molar-refractivity contribution in [2.45, 2.75) is 33.3 Å². The molecule has 0 saturated carbocycles. The number of carboxylic acids is 1. The van der Waals surface area contributed by atoms with Crippen molar-refractivity contribution in [3.05, 3.63) is 64.0 Å². The molecule has 0 bridgehead atoms. The lowest BCUT2D eigenvalue weighted by Gasteiger charge is -2.27. The van der Waals surface area contributed by atoms with E-state index in [4.69, 9.17) is 19.3 Å². The zero-order valence-electron chi connectivity index (χ0n) is 21.5. The van der Waals surface area contributed by atoms with Crippen molar-refractivity contribution >= 4 is 27.9 Å². The van der Waals surface area contributed by atoms with E-state index < -0.39 is 36.0 Å². The summed E-state index contributed by atoms with van der Waals surface area (Å²) < 4.78 is 72.8. The lowest BCUT2D eigenvalue weighted by atomic mass is 9.97. The maximum absolute atomic E-state index is 14.8. The molecule has 2 heterocycles. The second-order valence-electron chi connectivity index (χ2n) is 8.98. The van der Waals surface area contributed by atoms with Gasteiger partial charge in [0.05, 0.1) is 18.6 Å². The van der Waals surface area contributed by atoms with Gasteiger partial charge in [0.25, 0.3) is 0 Å². The van der Waals surface area contributed by atoms with Crippen LogP contribution in [0.2, 0.25) is 0 Å². The molecule has 210 valence electrons. The minimum absolute atomic E-state index is 0.0975. The first-order valence-electron chi connectivity index (χ1n) is 12.5. The van der Waals surface area contributed by atoms with E-state index in [9.17, 15) is 22.2 Å². The van der Waals surface area contributed by atoms with Gasteiger partial charge in [-0.3, -0.25) is 0 Å². The molecule has 1 aromatic heterocycles. The lowest BCUT2D eigenvalue weighted by molar-refractivity contribution is -0.139. The number of ether oxygens (including phenoxy) is 3. The van der Waals surface area contributed by atoms with Crippen LogP contribution in [-0.4, -0.2) is 64.1 Å². The number of allylic oxidation sites excluding steroid dienone is 6. The number of pyridine rings is 1. The highest BCUT2D eigenvalue weighted by Gasteiger charge is 2.26. The van der Waals surface area contributed by atoms with E-state index in [0.717, 1.165) is 6.07 Å². The van der Waals surface area contributed by atoms with Crippen molar-refractivity contribution in [2.75, 3.05) is 32.9 Å². The van der Waals surface area contributed by atoms with E-state index in [1.807, 2.05) is 23.4 Å². The molecule has 2 aliphatic rings. The van der Waals surface area contributed by atoms with Gasteiger partial charge in [0.2, 0.25) is 0 Å².